The maximum Gasteiger partial charge on any atom is 0.276 e. The lowest BCUT2D eigenvalue weighted by molar-refractivity contribution is 0.584. The minimum absolute atomic E-state index is 0.170. The molecule has 2 aromatic rings. The molecule has 0 saturated heterocycles. The van der Waals surface area contributed by atoms with E-state index in [1.807, 2.05) is 6.92 Å². The van der Waals surface area contributed by atoms with E-state index in [4.69, 9.17) is 0 Å². The Morgan fingerprint density at radius 2 is 1.90 bits per heavy atom. The molecule has 0 spiro atoms. The van der Waals surface area contributed by atoms with Crippen molar-refractivity contribution in [3.8, 4) is 0 Å². The van der Waals surface area contributed by atoms with Gasteiger partial charge in [0.2, 0.25) is 0 Å². The van der Waals surface area contributed by atoms with Crippen molar-refractivity contribution >= 4 is 32.2 Å². The highest BCUT2D eigenvalue weighted by atomic mass is 79.9. The molecule has 0 saturated carbocycles. The first-order valence-electron chi connectivity index (χ1n) is 5.70. The topological polar surface area (TPSA) is 71.4 Å². The van der Waals surface area contributed by atoms with Crippen LogP contribution in [0.5, 0.6) is 0 Å². The summed E-state index contributed by atoms with van der Waals surface area (Å²) in [4.78, 5) is 6.37. The van der Waals surface area contributed by atoms with Gasteiger partial charge in [-0.25, -0.2) is 4.83 Å². The molecule has 1 N–H and O–H groups in total. The molecule has 1 heterocycles. The highest BCUT2D eigenvalue weighted by Crippen LogP contribution is 2.10. The molecule has 0 aliphatic carbocycles. The standard InChI is InChI=1S/C13H12BrN3O2S/c1-10-2-6-13(7-3-10)20(18,19)17-16-9-12-5-4-11(14)8-15-12/h2-9,17H,1H3/b16-9-. The van der Waals surface area contributed by atoms with Gasteiger partial charge < -0.3 is 0 Å². The lowest BCUT2D eigenvalue weighted by Gasteiger charge is -2.03. The number of halogens is 1. The van der Waals surface area contributed by atoms with E-state index < -0.39 is 10.0 Å². The molecule has 0 bridgehead atoms. The summed E-state index contributed by atoms with van der Waals surface area (Å²) in [6, 6.07) is 10.0. The zero-order chi connectivity index (χ0) is 14.6. The third-order valence-electron chi connectivity index (χ3n) is 2.45. The minimum atomic E-state index is -3.64. The SMILES string of the molecule is Cc1ccc(S(=O)(=O)N/N=C\c2ccc(Br)cn2)cc1. The number of hydrogen-bond donors (Lipinski definition) is 1. The molecule has 0 aliphatic rings. The second-order valence-electron chi connectivity index (χ2n) is 4.07. The molecule has 0 aliphatic heterocycles. The van der Waals surface area contributed by atoms with Gasteiger partial charge in [0.1, 0.15) is 0 Å². The summed E-state index contributed by atoms with van der Waals surface area (Å²) < 4.78 is 24.7. The van der Waals surface area contributed by atoms with Gasteiger partial charge in [-0.15, -0.1) is 0 Å². The van der Waals surface area contributed by atoms with Crippen molar-refractivity contribution in [1.29, 1.82) is 0 Å². The van der Waals surface area contributed by atoms with Gasteiger partial charge in [-0.05, 0) is 47.1 Å². The molecule has 20 heavy (non-hydrogen) atoms. The quantitative estimate of drug-likeness (QED) is 0.677. The summed E-state index contributed by atoms with van der Waals surface area (Å²) in [6.45, 7) is 1.89. The van der Waals surface area contributed by atoms with E-state index in [2.05, 4.69) is 30.8 Å². The highest BCUT2D eigenvalue weighted by molar-refractivity contribution is 9.10. The largest absolute Gasteiger partial charge is 0.276 e. The monoisotopic (exact) mass is 353 g/mol. The smallest absolute Gasteiger partial charge is 0.254 e. The van der Waals surface area contributed by atoms with Crippen LogP contribution in [-0.2, 0) is 10.0 Å². The lowest BCUT2D eigenvalue weighted by Crippen LogP contribution is -2.18. The fraction of sp³-hybridized carbons (Fsp3) is 0.0769. The maximum absolute atomic E-state index is 11.9. The summed E-state index contributed by atoms with van der Waals surface area (Å²) in [5.41, 5.74) is 1.55. The fourth-order valence-electron chi connectivity index (χ4n) is 1.40. The first kappa shape index (κ1) is 14.7. The van der Waals surface area contributed by atoms with Crippen LogP contribution in [0.4, 0.5) is 0 Å². The Labute approximate surface area is 125 Å². The predicted octanol–water partition coefficient (Wildman–Crippen LogP) is 2.46. The number of hydrazone groups is 1. The molecule has 0 fully saturated rings. The van der Waals surface area contributed by atoms with E-state index in [9.17, 15) is 8.42 Å². The molecule has 5 nitrogen and oxygen atoms in total. The Bertz CT molecular complexity index is 710. The number of benzene rings is 1. The highest BCUT2D eigenvalue weighted by Gasteiger charge is 2.11. The molecular weight excluding hydrogens is 342 g/mol. The molecule has 1 aromatic carbocycles. The Kier molecular flexibility index (Phi) is 4.51. The fourth-order valence-corrected chi connectivity index (χ4v) is 2.42. The van der Waals surface area contributed by atoms with Crippen LogP contribution < -0.4 is 4.83 Å². The molecule has 1 aromatic heterocycles. The maximum atomic E-state index is 11.9. The molecule has 0 radical (unpaired) electrons. The lowest BCUT2D eigenvalue weighted by atomic mass is 10.2. The molecular formula is C13H12BrN3O2S. The molecule has 0 atom stereocenters. The number of nitrogens with zero attached hydrogens (tertiary/aromatic N) is 2. The van der Waals surface area contributed by atoms with Gasteiger partial charge in [-0.3, -0.25) is 4.98 Å². The number of pyridine rings is 1. The second-order valence-corrected chi connectivity index (χ2v) is 6.64. The minimum Gasteiger partial charge on any atom is -0.254 e. The van der Waals surface area contributed by atoms with Gasteiger partial charge >= 0.3 is 0 Å². The summed E-state index contributed by atoms with van der Waals surface area (Å²) >= 11 is 3.26. The van der Waals surface area contributed by atoms with Crippen molar-refractivity contribution in [1.82, 2.24) is 9.82 Å². The molecule has 2 rings (SSSR count). The van der Waals surface area contributed by atoms with Crippen LogP contribution >= 0.6 is 15.9 Å². The van der Waals surface area contributed by atoms with Gasteiger partial charge in [0.05, 0.1) is 16.8 Å². The van der Waals surface area contributed by atoms with Crippen LogP contribution in [0.25, 0.3) is 0 Å². The first-order chi connectivity index (χ1) is 9.47. The van der Waals surface area contributed by atoms with Crippen LogP contribution in [-0.4, -0.2) is 19.6 Å². The van der Waals surface area contributed by atoms with Gasteiger partial charge in [0.25, 0.3) is 10.0 Å². The summed E-state index contributed by atoms with van der Waals surface area (Å²) in [5, 5.41) is 3.70. The molecule has 104 valence electrons. The van der Waals surface area contributed by atoms with E-state index >= 15 is 0 Å². The average molecular weight is 354 g/mol. The van der Waals surface area contributed by atoms with Crippen LogP contribution in [0.3, 0.4) is 0 Å². The summed E-state index contributed by atoms with van der Waals surface area (Å²) in [5.74, 6) is 0. The van der Waals surface area contributed by atoms with Crippen molar-refractivity contribution in [3.05, 3.63) is 58.3 Å². The molecule has 0 unspecified atom stereocenters. The summed E-state index contributed by atoms with van der Waals surface area (Å²) in [7, 11) is -3.64. The zero-order valence-electron chi connectivity index (χ0n) is 10.6. The van der Waals surface area contributed by atoms with Crippen molar-refractivity contribution in [2.75, 3.05) is 0 Å². The number of sulfonamides is 1. The zero-order valence-corrected chi connectivity index (χ0v) is 13.0. The molecule has 7 heteroatoms. The molecule has 0 amide bonds. The number of aryl methyl sites for hydroxylation is 1. The van der Waals surface area contributed by atoms with Crippen LogP contribution in [0.15, 0.2) is 57.1 Å². The van der Waals surface area contributed by atoms with E-state index in [1.165, 1.54) is 18.3 Å². The van der Waals surface area contributed by atoms with Crippen molar-refractivity contribution in [2.45, 2.75) is 11.8 Å². The second kappa shape index (κ2) is 6.15. The Balaban J connectivity index is 2.09. The predicted molar refractivity (Wildman–Crippen MR) is 81.0 cm³/mol. The van der Waals surface area contributed by atoms with Crippen LogP contribution in [0, 0.1) is 6.92 Å². The van der Waals surface area contributed by atoms with Gasteiger partial charge in [-0.1, -0.05) is 17.7 Å². The Morgan fingerprint density at radius 3 is 2.50 bits per heavy atom. The number of hydrogen-bond acceptors (Lipinski definition) is 4. The Morgan fingerprint density at radius 1 is 1.20 bits per heavy atom. The average Bonchev–Trinajstić information content (AvgIpc) is 2.41. The van der Waals surface area contributed by atoms with E-state index in [0.717, 1.165) is 10.0 Å². The van der Waals surface area contributed by atoms with Gasteiger partial charge in [0.15, 0.2) is 0 Å². The van der Waals surface area contributed by atoms with Gasteiger partial charge in [0, 0.05) is 10.7 Å². The number of rotatable bonds is 4. The number of nitrogens with one attached hydrogen (secondary N) is 1. The van der Waals surface area contributed by atoms with Crippen LogP contribution in [0.1, 0.15) is 11.3 Å². The van der Waals surface area contributed by atoms with Crippen LogP contribution in [0.2, 0.25) is 0 Å². The normalized spacial score (nSPS) is 11.7. The third-order valence-corrected chi connectivity index (χ3v) is 4.16. The van der Waals surface area contributed by atoms with E-state index in [-0.39, 0.29) is 4.90 Å². The van der Waals surface area contributed by atoms with Crippen molar-refractivity contribution in [2.24, 2.45) is 5.10 Å². The Hall–Kier alpha value is -1.73. The number of aromatic nitrogens is 1. The van der Waals surface area contributed by atoms with E-state index in [1.54, 1.807) is 30.5 Å². The van der Waals surface area contributed by atoms with Crippen molar-refractivity contribution in [3.63, 3.8) is 0 Å². The van der Waals surface area contributed by atoms with Gasteiger partial charge in [-0.2, -0.15) is 13.5 Å². The third kappa shape index (κ3) is 3.88. The summed E-state index contributed by atoms with van der Waals surface area (Å²) in [6.07, 6.45) is 2.95. The first-order valence-corrected chi connectivity index (χ1v) is 7.98. The van der Waals surface area contributed by atoms with E-state index in [0.29, 0.717) is 5.69 Å². The van der Waals surface area contributed by atoms with Crippen molar-refractivity contribution < 1.29 is 8.42 Å².